The third-order valence-electron chi connectivity index (χ3n) is 3.37. The molecule has 2 N–H and O–H groups in total. The summed E-state index contributed by atoms with van der Waals surface area (Å²) in [5.74, 6) is 0.246. The molecule has 0 aliphatic rings. The molecule has 3 rings (SSSR count). The maximum Gasteiger partial charge on any atom is 0.0643 e. The van der Waals surface area contributed by atoms with E-state index in [1.165, 1.54) is 22.5 Å². The summed E-state index contributed by atoms with van der Waals surface area (Å²) in [6.07, 6.45) is 3.95. The Morgan fingerprint density at radius 3 is 1.89 bits per heavy atom. The lowest BCUT2D eigenvalue weighted by atomic mass is 9.89. The number of aromatic nitrogens is 2. The first-order chi connectivity index (χ1) is 8.86. The van der Waals surface area contributed by atoms with Gasteiger partial charge in [-0.3, -0.25) is 0 Å². The van der Waals surface area contributed by atoms with Crippen LogP contribution in [-0.4, -0.2) is 9.97 Å². The van der Waals surface area contributed by atoms with E-state index < -0.39 is 0 Å². The van der Waals surface area contributed by atoms with Crippen molar-refractivity contribution in [3.05, 3.63) is 83.4 Å². The standard InChI is InChI=1S/C16H16N2/c1-12-6-2-3-7-13(12)16(14-8-4-10-17-14)15-9-5-11-18-15/h2-11,16-18H,1H3. The molecular formula is C16H16N2. The van der Waals surface area contributed by atoms with E-state index >= 15 is 0 Å². The summed E-state index contributed by atoms with van der Waals surface area (Å²) in [5, 5.41) is 0. The molecule has 90 valence electrons. The Morgan fingerprint density at radius 1 is 0.778 bits per heavy atom. The first kappa shape index (κ1) is 10.9. The van der Waals surface area contributed by atoms with Crippen molar-refractivity contribution in [1.82, 2.24) is 9.97 Å². The van der Waals surface area contributed by atoms with E-state index in [2.05, 4.69) is 53.3 Å². The normalized spacial score (nSPS) is 11.0. The van der Waals surface area contributed by atoms with Crippen LogP contribution in [0.25, 0.3) is 0 Å². The number of H-pyrrole nitrogens is 2. The third kappa shape index (κ3) is 1.86. The number of hydrogen-bond acceptors (Lipinski definition) is 0. The van der Waals surface area contributed by atoms with Crippen molar-refractivity contribution in [3.63, 3.8) is 0 Å². The molecule has 0 bridgehead atoms. The number of hydrogen-bond donors (Lipinski definition) is 2. The lowest BCUT2D eigenvalue weighted by Gasteiger charge is -2.17. The molecule has 0 atom stereocenters. The van der Waals surface area contributed by atoms with Crippen LogP contribution in [0.1, 0.15) is 28.4 Å². The van der Waals surface area contributed by atoms with Gasteiger partial charge in [-0.15, -0.1) is 0 Å². The Hall–Kier alpha value is -2.22. The van der Waals surface area contributed by atoms with Crippen LogP contribution in [0.3, 0.4) is 0 Å². The molecule has 0 spiro atoms. The number of aryl methyl sites for hydroxylation is 1. The molecule has 2 nitrogen and oxygen atoms in total. The first-order valence-electron chi connectivity index (χ1n) is 6.18. The lowest BCUT2D eigenvalue weighted by molar-refractivity contribution is 0.888. The summed E-state index contributed by atoms with van der Waals surface area (Å²) in [6, 6.07) is 16.9. The van der Waals surface area contributed by atoms with Crippen molar-refractivity contribution in [2.75, 3.05) is 0 Å². The minimum absolute atomic E-state index is 0.246. The van der Waals surface area contributed by atoms with Gasteiger partial charge in [-0.1, -0.05) is 24.3 Å². The monoisotopic (exact) mass is 236 g/mol. The topological polar surface area (TPSA) is 31.6 Å². The molecule has 0 aliphatic carbocycles. The molecular weight excluding hydrogens is 220 g/mol. The Morgan fingerprint density at radius 2 is 1.39 bits per heavy atom. The fourth-order valence-electron chi connectivity index (χ4n) is 2.46. The van der Waals surface area contributed by atoms with Crippen molar-refractivity contribution in [1.29, 1.82) is 0 Å². The molecule has 0 saturated heterocycles. The van der Waals surface area contributed by atoms with Crippen LogP contribution in [0.4, 0.5) is 0 Å². The molecule has 0 radical (unpaired) electrons. The zero-order chi connectivity index (χ0) is 12.4. The highest BCUT2D eigenvalue weighted by Crippen LogP contribution is 2.31. The van der Waals surface area contributed by atoms with Crippen molar-refractivity contribution >= 4 is 0 Å². The van der Waals surface area contributed by atoms with Crippen LogP contribution < -0.4 is 0 Å². The molecule has 0 fully saturated rings. The van der Waals surface area contributed by atoms with E-state index in [1.807, 2.05) is 24.5 Å². The second kappa shape index (κ2) is 4.57. The van der Waals surface area contributed by atoms with Crippen LogP contribution >= 0.6 is 0 Å². The van der Waals surface area contributed by atoms with Crippen LogP contribution in [0, 0.1) is 6.92 Å². The number of benzene rings is 1. The predicted octanol–water partition coefficient (Wildman–Crippen LogP) is 3.83. The zero-order valence-electron chi connectivity index (χ0n) is 10.4. The van der Waals surface area contributed by atoms with Crippen molar-refractivity contribution in [2.45, 2.75) is 12.8 Å². The van der Waals surface area contributed by atoms with Crippen LogP contribution in [0.15, 0.2) is 60.9 Å². The number of aromatic amines is 2. The molecule has 0 aliphatic heterocycles. The smallest absolute Gasteiger partial charge is 0.0643 e. The van der Waals surface area contributed by atoms with Gasteiger partial charge in [0, 0.05) is 23.8 Å². The molecule has 2 heterocycles. The van der Waals surface area contributed by atoms with E-state index in [9.17, 15) is 0 Å². The summed E-state index contributed by atoms with van der Waals surface area (Å²) >= 11 is 0. The zero-order valence-corrected chi connectivity index (χ0v) is 10.4. The third-order valence-corrected chi connectivity index (χ3v) is 3.37. The molecule has 18 heavy (non-hydrogen) atoms. The van der Waals surface area contributed by atoms with Gasteiger partial charge in [0.05, 0.1) is 5.92 Å². The van der Waals surface area contributed by atoms with Gasteiger partial charge in [-0.05, 0) is 42.3 Å². The Bertz CT molecular complexity index is 572. The van der Waals surface area contributed by atoms with Crippen molar-refractivity contribution < 1.29 is 0 Å². The van der Waals surface area contributed by atoms with Crippen LogP contribution in [-0.2, 0) is 0 Å². The highest BCUT2D eigenvalue weighted by atomic mass is 14.7. The Kier molecular flexibility index (Phi) is 2.77. The SMILES string of the molecule is Cc1ccccc1C(c1ccc[nH]1)c1ccc[nH]1. The maximum absolute atomic E-state index is 3.33. The molecule has 0 saturated carbocycles. The second-order valence-electron chi connectivity index (χ2n) is 4.54. The van der Waals surface area contributed by atoms with E-state index in [4.69, 9.17) is 0 Å². The largest absolute Gasteiger partial charge is 0.364 e. The second-order valence-corrected chi connectivity index (χ2v) is 4.54. The molecule has 2 heteroatoms. The summed E-state index contributed by atoms with van der Waals surface area (Å²) < 4.78 is 0. The quantitative estimate of drug-likeness (QED) is 0.692. The average Bonchev–Trinajstić information content (AvgIpc) is 3.05. The van der Waals surface area contributed by atoms with Gasteiger partial charge < -0.3 is 9.97 Å². The number of nitrogens with one attached hydrogen (secondary N) is 2. The molecule has 0 amide bonds. The van der Waals surface area contributed by atoms with E-state index in [0.29, 0.717) is 0 Å². The van der Waals surface area contributed by atoms with Gasteiger partial charge in [-0.25, -0.2) is 0 Å². The van der Waals surface area contributed by atoms with Gasteiger partial charge in [0.25, 0.3) is 0 Å². The van der Waals surface area contributed by atoms with Crippen LogP contribution in [0.2, 0.25) is 0 Å². The molecule has 2 aromatic heterocycles. The predicted molar refractivity (Wildman–Crippen MR) is 73.7 cm³/mol. The Balaban J connectivity index is 2.15. The van der Waals surface area contributed by atoms with Gasteiger partial charge in [0.15, 0.2) is 0 Å². The highest BCUT2D eigenvalue weighted by Gasteiger charge is 2.19. The fraction of sp³-hybridized carbons (Fsp3) is 0.125. The van der Waals surface area contributed by atoms with E-state index in [-0.39, 0.29) is 5.92 Å². The van der Waals surface area contributed by atoms with Gasteiger partial charge in [0.1, 0.15) is 0 Å². The summed E-state index contributed by atoms with van der Waals surface area (Å²) in [5.41, 5.74) is 5.08. The van der Waals surface area contributed by atoms with E-state index in [1.54, 1.807) is 0 Å². The van der Waals surface area contributed by atoms with Gasteiger partial charge in [-0.2, -0.15) is 0 Å². The average molecular weight is 236 g/mol. The molecule has 1 aromatic carbocycles. The summed E-state index contributed by atoms with van der Waals surface area (Å²) in [6.45, 7) is 2.16. The van der Waals surface area contributed by atoms with Gasteiger partial charge in [0.2, 0.25) is 0 Å². The minimum Gasteiger partial charge on any atom is -0.364 e. The summed E-state index contributed by atoms with van der Waals surface area (Å²) in [7, 11) is 0. The fourth-order valence-corrected chi connectivity index (χ4v) is 2.46. The van der Waals surface area contributed by atoms with E-state index in [0.717, 1.165) is 0 Å². The lowest BCUT2D eigenvalue weighted by Crippen LogP contribution is -2.05. The minimum atomic E-state index is 0.246. The van der Waals surface area contributed by atoms with Crippen molar-refractivity contribution in [2.24, 2.45) is 0 Å². The highest BCUT2D eigenvalue weighted by molar-refractivity contribution is 5.41. The van der Waals surface area contributed by atoms with Gasteiger partial charge >= 0.3 is 0 Å². The first-order valence-corrected chi connectivity index (χ1v) is 6.18. The summed E-state index contributed by atoms with van der Waals surface area (Å²) in [4.78, 5) is 6.66. The number of rotatable bonds is 3. The molecule has 3 aromatic rings. The van der Waals surface area contributed by atoms with Crippen molar-refractivity contribution in [3.8, 4) is 0 Å². The van der Waals surface area contributed by atoms with Crippen LogP contribution in [0.5, 0.6) is 0 Å². The molecule has 0 unspecified atom stereocenters. The maximum atomic E-state index is 3.33. The Labute approximate surface area is 107 Å².